The topological polar surface area (TPSA) is 114 Å². The quantitative estimate of drug-likeness (QED) is 0.593. The van der Waals surface area contributed by atoms with E-state index in [4.69, 9.17) is 5.73 Å². The molecule has 2 rings (SSSR count). The Labute approximate surface area is 116 Å². The summed E-state index contributed by atoms with van der Waals surface area (Å²) in [7, 11) is 0. The normalized spacial score (nSPS) is 16.8. The molecule has 1 aromatic rings. The van der Waals surface area contributed by atoms with Crippen molar-refractivity contribution in [1.29, 1.82) is 0 Å². The average molecular weight is 279 g/mol. The van der Waals surface area contributed by atoms with Crippen molar-refractivity contribution in [3.8, 4) is 0 Å². The second-order valence-corrected chi connectivity index (χ2v) is 4.82. The van der Waals surface area contributed by atoms with Gasteiger partial charge in [-0.25, -0.2) is 4.98 Å². The van der Waals surface area contributed by atoms with E-state index >= 15 is 0 Å². The highest BCUT2D eigenvalue weighted by Crippen LogP contribution is 2.17. The fourth-order valence-corrected chi connectivity index (χ4v) is 2.24. The van der Waals surface area contributed by atoms with E-state index in [-0.39, 0.29) is 17.6 Å². The molecule has 20 heavy (non-hydrogen) atoms. The maximum Gasteiger partial charge on any atom is 0.287 e. The predicted octanol–water partition coefficient (Wildman–Crippen LogP) is 0.351. The van der Waals surface area contributed by atoms with E-state index in [1.165, 1.54) is 12.3 Å². The number of carbonyl (C=O) groups is 1. The van der Waals surface area contributed by atoms with E-state index in [0.717, 1.165) is 25.9 Å². The summed E-state index contributed by atoms with van der Waals surface area (Å²) in [5, 5.41) is 13.8. The largest absolute Gasteiger partial charge is 0.369 e. The Morgan fingerprint density at radius 1 is 1.50 bits per heavy atom. The summed E-state index contributed by atoms with van der Waals surface area (Å²) in [6.07, 6.45) is 3.00. The van der Waals surface area contributed by atoms with Crippen LogP contribution in [0.4, 0.5) is 11.5 Å². The lowest BCUT2D eigenvalue weighted by Crippen LogP contribution is -2.43. The van der Waals surface area contributed by atoms with Gasteiger partial charge in [-0.3, -0.25) is 19.8 Å². The number of primary amides is 1. The molecule has 0 radical (unpaired) electrons. The number of nitrogens with two attached hydrogens (primary N) is 1. The molecule has 0 spiro atoms. The van der Waals surface area contributed by atoms with Crippen LogP contribution in [0.1, 0.15) is 12.8 Å². The summed E-state index contributed by atoms with van der Waals surface area (Å²) in [5.74, 6) is 0.317. The first-order valence-electron chi connectivity index (χ1n) is 6.42. The molecule has 8 nitrogen and oxygen atoms in total. The Hall–Kier alpha value is -2.22. The Balaban J connectivity index is 1.83. The van der Waals surface area contributed by atoms with Crippen molar-refractivity contribution in [3.05, 3.63) is 28.4 Å². The molecule has 3 N–H and O–H groups in total. The minimum atomic E-state index is -0.473. The minimum Gasteiger partial charge on any atom is -0.369 e. The molecule has 1 aliphatic rings. The van der Waals surface area contributed by atoms with Crippen molar-refractivity contribution >= 4 is 17.4 Å². The molecule has 0 atom stereocenters. The monoisotopic (exact) mass is 279 g/mol. The molecule has 8 heteroatoms. The van der Waals surface area contributed by atoms with Gasteiger partial charge in [0.25, 0.3) is 5.69 Å². The van der Waals surface area contributed by atoms with Gasteiger partial charge in [-0.05, 0) is 18.9 Å². The highest BCUT2D eigenvalue weighted by Gasteiger charge is 2.20. The van der Waals surface area contributed by atoms with Gasteiger partial charge < -0.3 is 11.1 Å². The van der Waals surface area contributed by atoms with Gasteiger partial charge in [0, 0.05) is 25.2 Å². The molecule has 1 aromatic heterocycles. The Morgan fingerprint density at radius 3 is 2.70 bits per heavy atom. The number of nitro groups is 1. The van der Waals surface area contributed by atoms with Crippen molar-refractivity contribution in [2.24, 2.45) is 5.73 Å². The number of piperidine rings is 1. The smallest absolute Gasteiger partial charge is 0.287 e. The third-order valence-corrected chi connectivity index (χ3v) is 3.28. The number of carbonyl (C=O) groups excluding carboxylic acids is 1. The van der Waals surface area contributed by atoms with Crippen LogP contribution < -0.4 is 11.1 Å². The molecular weight excluding hydrogens is 262 g/mol. The fraction of sp³-hybridized carbons (Fsp3) is 0.500. The van der Waals surface area contributed by atoms with Gasteiger partial charge in [-0.2, -0.15) is 0 Å². The highest BCUT2D eigenvalue weighted by molar-refractivity contribution is 5.75. The molecule has 1 fully saturated rings. The van der Waals surface area contributed by atoms with Crippen LogP contribution in [0.3, 0.4) is 0 Å². The van der Waals surface area contributed by atoms with Crippen LogP contribution in [0.5, 0.6) is 0 Å². The summed E-state index contributed by atoms with van der Waals surface area (Å²) in [5.41, 5.74) is 5.14. The van der Waals surface area contributed by atoms with E-state index < -0.39 is 4.92 Å². The molecule has 0 saturated carbocycles. The number of nitrogens with zero attached hydrogens (tertiary/aromatic N) is 3. The van der Waals surface area contributed by atoms with Crippen LogP contribution in [0.2, 0.25) is 0 Å². The lowest BCUT2D eigenvalue weighted by Gasteiger charge is -2.31. The number of pyridine rings is 1. The lowest BCUT2D eigenvalue weighted by atomic mass is 10.1. The Kier molecular flexibility index (Phi) is 4.46. The van der Waals surface area contributed by atoms with Crippen molar-refractivity contribution < 1.29 is 9.72 Å². The predicted molar refractivity (Wildman–Crippen MR) is 73.2 cm³/mol. The molecule has 1 amide bonds. The molecule has 1 aliphatic heterocycles. The number of rotatable bonds is 5. The van der Waals surface area contributed by atoms with Crippen LogP contribution >= 0.6 is 0 Å². The summed E-state index contributed by atoms with van der Waals surface area (Å²) in [6, 6.07) is 3.29. The van der Waals surface area contributed by atoms with E-state index in [1.54, 1.807) is 6.07 Å². The standard InChI is InChI=1S/C12H17N5O3/c13-11(18)8-16-5-3-9(4-6-16)15-12-2-1-10(7-14-12)17(19)20/h1-2,7,9H,3-6,8H2,(H2,13,18)(H,14,15). The van der Waals surface area contributed by atoms with Crippen LogP contribution in [-0.4, -0.2) is 46.4 Å². The van der Waals surface area contributed by atoms with Gasteiger partial charge in [-0.15, -0.1) is 0 Å². The zero-order chi connectivity index (χ0) is 14.5. The number of amides is 1. The first-order valence-corrected chi connectivity index (χ1v) is 6.42. The fourth-order valence-electron chi connectivity index (χ4n) is 2.24. The number of hydrogen-bond acceptors (Lipinski definition) is 6. The minimum absolute atomic E-state index is 0.0215. The lowest BCUT2D eigenvalue weighted by molar-refractivity contribution is -0.385. The van der Waals surface area contributed by atoms with E-state index in [1.807, 2.05) is 4.90 Å². The summed E-state index contributed by atoms with van der Waals surface area (Å²) < 4.78 is 0. The first-order chi connectivity index (χ1) is 9.54. The van der Waals surface area contributed by atoms with Crippen molar-refractivity contribution in [2.75, 3.05) is 25.0 Å². The van der Waals surface area contributed by atoms with E-state index in [9.17, 15) is 14.9 Å². The maximum absolute atomic E-state index is 10.8. The van der Waals surface area contributed by atoms with E-state index in [2.05, 4.69) is 10.3 Å². The number of nitrogens with one attached hydrogen (secondary N) is 1. The Bertz CT molecular complexity index is 482. The molecule has 0 bridgehead atoms. The van der Waals surface area contributed by atoms with Gasteiger partial charge in [0.2, 0.25) is 5.91 Å². The van der Waals surface area contributed by atoms with Crippen LogP contribution in [-0.2, 0) is 4.79 Å². The summed E-state index contributed by atoms with van der Waals surface area (Å²) >= 11 is 0. The molecule has 0 aliphatic carbocycles. The van der Waals surface area contributed by atoms with Gasteiger partial charge in [-0.1, -0.05) is 0 Å². The van der Waals surface area contributed by atoms with Crippen LogP contribution in [0, 0.1) is 10.1 Å². The number of likely N-dealkylation sites (tertiary alicyclic amines) is 1. The first kappa shape index (κ1) is 14.2. The third-order valence-electron chi connectivity index (χ3n) is 3.28. The van der Waals surface area contributed by atoms with Gasteiger partial charge in [0.1, 0.15) is 12.0 Å². The van der Waals surface area contributed by atoms with Crippen molar-refractivity contribution in [2.45, 2.75) is 18.9 Å². The van der Waals surface area contributed by atoms with Gasteiger partial charge in [0.15, 0.2) is 0 Å². The molecular formula is C12H17N5O3. The molecule has 1 saturated heterocycles. The van der Waals surface area contributed by atoms with Gasteiger partial charge >= 0.3 is 0 Å². The van der Waals surface area contributed by atoms with E-state index in [0.29, 0.717) is 12.4 Å². The molecule has 0 aromatic carbocycles. The number of anilines is 1. The SMILES string of the molecule is NC(=O)CN1CCC(Nc2ccc([N+](=O)[O-])cn2)CC1. The maximum atomic E-state index is 10.8. The second-order valence-electron chi connectivity index (χ2n) is 4.82. The zero-order valence-electron chi connectivity index (χ0n) is 11.0. The van der Waals surface area contributed by atoms with Crippen molar-refractivity contribution in [3.63, 3.8) is 0 Å². The van der Waals surface area contributed by atoms with Crippen LogP contribution in [0.25, 0.3) is 0 Å². The number of hydrogen-bond donors (Lipinski definition) is 2. The van der Waals surface area contributed by atoms with Gasteiger partial charge in [0.05, 0.1) is 11.5 Å². The number of aromatic nitrogens is 1. The highest BCUT2D eigenvalue weighted by atomic mass is 16.6. The molecule has 0 unspecified atom stereocenters. The Morgan fingerprint density at radius 2 is 2.20 bits per heavy atom. The van der Waals surface area contributed by atoms with Crippen LogP contribution in [0.15, 0.2) is 18.3 Å². The third kappa shape index (κ3) is 3.89. The van der Waals surface area contributed by atoms with Crippen molar-refractivity contribution in [1.82, 2.24) is 9.88 Å². The molecule has 2 heterocycles. The average Bonchev–Trinajstić information content (AvgIpc) is 2.41. The second kappa shape index (κ2) is 6.29. The summed E-state index contributed by atoms with van der Waals surface area (Å²) in [4.78, 5) is 26.9. The summed E-state index contributed by atoms with van der Waals surface area (Å²) in [6.45, 7) is 1.89. The molecule has 108 valence electrons. The zero-order valence-corrected chi connectivity index (χ0v) is 11.0.